The van der Waals surface area contributed by atoms with Gasteiger partial charge in [0.2, 0.25) is 5.91 Å². The van der Waals surface area contributed by atoms with Gasteiger partial charge >= 0.3 is 5.97 Å². The van der Waals surface area contributed by atoms with E-state index in [0.29, 0.717) is 34.1 Å². The number of carbonyl (C=O) groups excluding carboxylic acids is 1. The SMILES string of the molecule is NCC1CC(=O)N(c2c(Br)cc(C(=O)O)cc2Br)C1. The molecule has 1 aliphatic heterocycles. The third kappa shape index (κ3) is 2.82. The van der Waals surface area contributed by atoms with Crippen LogP contribution in [0, 0.1) is 5.92 Å². The highest BCUT2D eigenvalue weighted by Crippen LogP contribution is 2.38. The minimum absolute atomic E-state index is 0.0000694. The van der Waals surface area contributed by atoms with E-state index in [4.69, 9.17) is 10.8 Å². The molecule has 0 saturated carbocycles. The Kier molecular flexibility index (Phi) is 4.27. The summed E-state index contributed by atoms with van der Waals surface area (Å²) < 4.78 is 1.15. The number of carboxylic acids is 1. The minimum Gasteiger partial charge on any atom is -0.478 e. The predicted octanol–water partition coefficient (Wildman–Crippen LogP) is 2.22. The van der Waals surface area contributed by atoms with Gasteiger partial charge in [-0.05, 0) is 56.5 Å². The van der Waals surface area contributed by atoms with Gasteiger partial charge in [0.1, 0.15) is 0 Å². The molecule has 1 atom stereocenters. The molecule has 0 aromatic heterocycles. The van der Waals surface area contributed by atoms with Crippen molar-refractivity contribution in [3.63, 3.8) is 0 Å². The highest BCUT2D eigenvalue weighted by Gasteiger charge is 2.32. The summed E-state index contributed by atoms with van der Waals surface area (Å²) in [4.78, 5) is 24.6. The fourth-order valence-electron chi connectivity index (χ4n) is 2.10. The van der Waals surface area contributed by atoms with E-state index < -0.39 is 5.97 Å². The summed E-state index contributed by atoms with van der Waals surface area (Å²) in [5.41, 5.74) is 6.41. The fraction of sp³-hybridized carbons (Fsp3) is 0.333. The molecule has 1 amide bonds. The van der Waals surface area contributed by atoms with Gasteiger partial charge in [-0.15, -0.1) is 0 Å². The second kappa shape index (κ2) is 5.60. The lowest BCUT2D eigenvalue weighted by molar-refractivity contribution is -0.117. The second-order valence-electron chi connectivity index (χ2n) is 4.40. The van der Waals surface area contributed by atoms with Crippen LogP contribution in [0.3, 0.4) is 0 Å². The number of halogens is 2. The van der Waals surface area contributed by atoms with Crippen LogP contribution in [0.1, 0.15) is 16.8 Å². The number of nitrogens with zero attached hydrogens (tertiary/aromatic N) is 1. The summed E-state index contributed by atoms with van der Waals surface area (Å²) in [6, 6.07) is 2.98. The molecule has 102 valence electrons. The first kappa shape index (κ1) is 14.5. The molecule has 1 unspecified atom stereocenters. The molecule has 19 heavy (non-hydrogen) atoms. The first-order valence-corrected chi connectivity index (χ1v) is 7.25. The third-order valence-corrected chi connectivity index (χ3v) is 4.28. The Morgan fingerprint density at radius 3 is 2.42 bits per heavy atom. The van der Waals surface area contributed by atoms with Gasteiger partial charge in [0.05, 0.1) is 11.3 Å². The Balaban J connectivity index is 2.41. The number of hydrogen-bond acceptors (Lipinski definition) is 3. The standard InChI is InChI=1S/C12H12Br2N2O3/c13-8-2-7(12(18)19)3-9(14)11(8)16-5-6(4-15)1-10(16)17/h2-3,6H,1,4-5,15H2,(H,18,19). The van der Waals surface area contributed by atoms with Crippen LogP contribution in [0.15, 0.2) is 21.1 Å². The molecule has 5 nitrogen and oxygen atoms in total. The van der Waals surface area contributed by atoms with Crippen LogP contribution in [0.25, 0.3) is 0 Å². The Labute approximate surface area is 127 Å². The van der Waals surface area contributed by atoms with Gasteiger partial charge in [-0.2, -0.15) is 0 Å². The third-order valence-electron chi connectivity index (χ3n) is 3.07. The average Bonchev–Trinajstić information content (AvgIpc) is 2.70. The predicted molar refractivity (Wildman–Crippen MR) is 78.3 cm³/mol. The largest absolute Gasteiger partial charge is 0.478 e. The molecule has 1 saturated heterocycles. The summed E-state index contributed by atoms with van der Waals surface area (Å²) in [5.74, 6) is -0.870. The smallest absolute Gasteiger partial charge is 0.335 e. The lowest BCUT2D eigenvalue weighted by Gasteiger charge is -2.20. The molecule has 1 fully saturated rings. The summed E-state index contributed by atoms with van der Waals surface area (Å²) in [6.07, 6.45) is 0.427. The zero-order chi connectivity index (χ0) is 14.2. The van der Waals surface area contributed by atoms with Crippen molar-refractivity contribution in [2.75, 3.05) is 18.0 Å². The number of aromatic carboxylic acids is 1. The van der Waals surface area contributed by atoms with E-state index in [0.717, 1.165) is 0 Å². The number of anilines is 1. The van der Waals surface area contributed by atoms with E-state index >= 15 is 0 Å². The lowest BCUT2D eigenvalue weighted by Crippen LogP contribution is -2.26. The first-order chi connectivity index (χ1) is 8.93. The van der Waals surface area contributed by atoms with Crippen LogP contribution in [0.4, 0.5) is 5.69 Å². The van der Waals surface area contributed by atoms with Crippen molar-refractivity contribution in [2.45, 2.75) is 6.42 Å². The summed E-state index contributed by atoms with van der Waals surface area (Å²) in [7, 11) is 0. The Morgan fingerprint density at radius 1 is 1.42 bits per heavy atom. The van der Waals surface area contributed by atoms with E-state index in [9.17, 15) is 9.59 Å². The van der Waals surface area contributed by atoms with Crippen molar-refractivity contribution < 1.29 is 14.7 Å². The molecule has 0 radical (unpaired) electrons. The first-order valence-electron chi connectivity index (χ1n) is 5.66. The van der Waals surface area contributed by atoms with E-state index in [-0.39, 0.29) is 17.4 Å². The maximum atomic E-state index is 12.0. The van der Waals surface area contributed by atoms with Gasteiger partial charge in [0, 0.05) is 21.9 Å². The number of rotatable bonds is 3. The zero-order valence-electron chi connectivity index (χ0n) is 9.90. The van der Waals surface area contributed by atoms with E-state index in [1.54, 1.807) is 4.90 Å². The Bertz CT molecular complexity index is 525. The van der Waals surface area contributed by atoms with Crippen molar-refractivity contribution in [2.24, 2.45) is 11.7 Å². The van der Waals surface area contributed by atoms with Crippen molar-refractivity contribution >= 4 is 49.4 Å². The van der Waals surface area contributed by atoms with Crippen LogP contribution in [0.2, 0.25) is 0 Å². The maximum absolute atomic E-state index is 12.0. The molecular formula is C12H12Br2N2O3. The highest BCUT2D eigenvalue weighted by molar-refractivity contribution is 9.11. The minimum atomic E-state index is -1.01. The molecule has 0 spiro atoms. The van der Waals surface area contributed by atoms with Gasteiger partial charge in [-0.3, -0.25) is 4.79 Å². The highest BCUT2D eigenvalue weighted by atomic mass is 79.9. The number of amides is 1. The molecule has 1 aliphatic rings. The summed E-state index contributed by atoms with van der Waals surface area (Å²) in [5, 5.41) is 8.98. The van der Waals surface area contributed by atoms with Gasteiger partial charge in [0.15, 0.2) is 0 Å². The van der Waals surface area contributed by atoms with Crippen molar-refractivity contribution in [3.8, 4) is 0 Å². The summed E-state index contributed by atoms with van der Waals surface area (Å²) >= 11 is 6.65. The second-order valence-corrected chi connectivity index (χ2v) is 6.11. The number of hydrogen-bond donors (Lipinski definition) is 2. The van der Waals surface area contributed by atoms with E-state index in [1.807, 2.05) is 0 Å². The van der Waals surface area contributed by atoms with Crippen molar-refractivity contribution in [1.82, 2.24) is 0 Å². The Hall–Kier alpha value is -0.920. The lowest BCUT2D eigenvalue weighted by atomic mass is 10.1. The molecule has 0 aliphatic carbocycles. The quantitative estimate of drug-likeness (QED) is 0.827. The molecule has 1 heterocycles. The molecule has 3 N–H and O–H groups in total. The van der Waals surface area contributed by atoms with Gasteiger partial charge in [-0.25, -0.2) is 4.79 Å². The zero-order valence-corrected chi connectivity index (χ0v) is 13.1. The van der Waals surface area contributed by atoms with Gasteiger partial charge in [-0.1, -0.05) is 0 Å². The molecule has 1 aromatic carbocycles. The van der Waals surface area contributed by atoms with Crippen LogP contribution in [-0.4, -0.2) is 30.1 Å². The van der Waals surface area contributed by atoms with E-state index in [2.05, 4.69) is 31.9 Å². The average molecular weight is 392 g/mol. The fourth-order valence-corrected chi connectivity index (χ4v) is 3.72. The molecule has 1 aromatic rings. The van der Waals surface area contributed by atoms with Crippen molar-refractivity contribution in [1.29, 1.82) is 0 Å². The molecule has 2 rings (SSSR count). The monoisotopic (exact) mass is 390 g/mol. The van der Waals surface area contributed by atoms with E-state index in [1.165, 1.54) is 12.1 Å². The molecule has 0 bridgehead atoms. The van der Waals surface area contributed by atoms with Crippen LogP contribution in [-0.2, 0) is 4.79 Å². The number of carbonyl (C=O) groups is 2. The van der Waals surface area contributed by atoms with Crippen LogP contribution in [0.5, 0.6) is 0 Å². The topological polar surface area (TPSA) is 83.6 Å². The van der Waals surface area contributed by atoms with Gasteiger partial charge < -0.3 is 15.7 Å². The molecule has 7 heteroatoms. The number of benzene rings is 1. The number of nitrogens with two attached hydrogens (primary N) is 1. The molecular weight excluding hydrogens is 380 g/mol. The maximum Gasteiger partial charge on any atom is 0.335 e. The van der Waals surface area contributed by atoms with Gasteiger partial charge in [0.25, 0.3) is 0 Å². The van der Waals surface area contributed by atoms with Crippen molar-refractivity contribution in [3.05, 3.63) is 26.6 Å². The van der Waals surface area contributed by atoms with Crippen LogP contribution < -0.4 is 10.6 Å². The number of carboxylic acid groups (broad SMARTS) is 1. The summed E-state index contributed by atoms with van der Waals surface area (Å²) in [6.45, 7) is 1.02. The Morgan fingerprint density at radius 2 is 2.00 bits per heavy atom. The normalized spacial score (nSPS) is 19.0. The van der Waals surface area contributed by atoms with Crippen LogP contribution >= 0.6 is 31.9 Å².